The predicted octanol–water partition coefficient (Wildman–Crippen LogP) is 1.23. The number of hydrogen-bond donors (Lipinski definition) is 1. The highest BCUT2D eigenvalue weighted by Gasteiger charge is 2.17. The molecule has 7 heteroatoms. The molecule has 0 aliphatic carbocycles. The first-order valence-corrected chi connectivity index (χ1v) is 7.79. The molecule has 0 atom stereocenters. The van der Waals surface area contributed by atoms with Crippen LogP contribution in [0.25, 0.3) is 0 Å². The fourth-order valence-electron chi connectivity index (χ4n) is 2.23. The van der Waals surface area contributed by atoms with E-state index in [4.69, 9.17) is 4.74 Å². The normalized spacial score (nSPS) is 16.6. The lowest BCUT2D eigenvalue weighted by Crippen LogP contribution is -2.30. The number of nitrogens with one attached hydrogen (secondary N) is 1. The van der Waals surface area contributed by atoms with E-state index < -0.39 is 0 Å². The molecule has 7 nitrogen and oxygen atoms in total. The van der Waals surface area contributed by atoms with Gasteiger partial charge < -0.3 is 19.9 Å². The van der Waals surface area contributed by atoms with Crippen molar-refractivity contribution in [1.29, 1.82) is 0 Å². The maximum atomic E-state index is 5.59. The maximum Gasteiger partial charge on any atom is 0.323 e. The molecule has 1 aromatic rings. The standard InChI is InChI=1S/C14H26N6O/c1-4-11-21-14-17-12(15-5-2)16-13(18-14)20-8-6-7-19(3)9-10-20/h4-11H2,1-3H3,(H,15,16,17,18). The van der Waals surface area contributed by atoms with E-state index in [1.165, 1.54) is 0 Å². The minimum atomic E-state index is 0.412. The van der Waals surface area contributed by atoms with E-state index in [0.717, 1.165) is 45.6 Å². The van der Waals surface area contributed by atoms with E-state index >= 15 is 0 Å². The molecule has 1 aliphatic heterocycles. The van der Waals surface area contributed by atoms with Crippen LogP contribution in [0, 0.1) is 0 Å². The van der Waals surface area contributed by atoms with Crippen molar-refractivity contribution in [2.75, 3.05) is 56.6 Å². The van der Waals surface area contributed by atoms with Crippen LogP contribution in [0.15, 0.2) is 0 Å². The van der Waals surface area contributed by atoms with Crippen molar-refractivity contribution in [1.82, 2.24) is 19.9 Å². The fourth-order valence-corrected chi connectivity index (χ4v) is 2.23. The van der Waals surface area contributed by atoms with Gasteiger partial charge in [0.15, 0.2) is 0 Å². The Morgan fingerprint density at radius 1 is 1.10 bits per heavy atom. The third-order valence-electron chi connectivity index (χ3n) is 3.38. The number of rotatable bonds is 6. The highest BCUT2D eigenvalue weighted by Crippen LogP contribution is 2.16. The Hall–Kier alpha value is -1.63. The number of nitrogens with zero attached hydrogens (tertiary/aromatic N) is 5. The van der Waals surface area contributed by atoms with Gasteiger partial charge in [-0.2, -0.15) is 15.0 Å². The quantitative estimate of drug-likeness (QED) is 0.846. The molecular weight excluding hydrogens is 268 g/mol. The van der Waals surface area contributed by atoms with Crippen LogP contribution >= 0.6 is 0 Å². The summed E-state index contributed by atoms with van der Waals surface area (Å²) in [7, 11) is 2.15. The molecule has 0 unspecified atom stereocenters. The van der Waals surface area contributed by atoms with Crippen LogP contribution in [0.5, 0.6) is 6.01 Å². The largest absolute Gasteiger partial charge is 0.463 e. The van der Waals surface area contributed by atoms with Gasteiger partial charge in [0, 0.05) is 26.2 Å². The molecule has 1 aromatic heterocycles. The molecule has 2 rings (SSSR count). The van der Waals surface area contributed by atoms with Gasteiger partial charge in [0.25, 0.3) is 0 Å². The summed E-state index contributed by atoms with van der Waals surface area (Å²) in [6.45, 7) is 9.52. The lowest BCUT2D eigenvalue weighted by atomic mass is 10.4. The van der Waals surface area contributed by atoms with Crippen LogP contribution in [-0.2, 0) is 0 Å². The molecule has 0 radical (unpaired) electrons. The molecule has 0 bridgehead atoms. The number of anilines is 2. The van der Waals surface area contributed by atoms with Crippen molar-refractivity contribution in [3.05, 3.63) is 0 Å². The SMILES string of the molecule is CCCOc1nc(NCC)nc(N2CCCN(C)CC2)n1. The number of likely N-dealkylation sites (N-methyl/N-ethyl adjacent to an activating group) is 1. The van der Waals surface area contributed by atoms with E-state index in [-0.39, 0.29) is 0 Å². The second kappa shape index (κ2) is 7.97. The molecule has 1 aliphatic rings. The monoisotopic (exact) mass is 294 g/mol. The van der Waals surface area contributed by atoms with Gasteiger partial charge in [-0.05, 0) is 33.4 Å². The van der Waals surface area contributed by atoms with Gasteiger partial charge >= 0.3 is 6.01 Å². The number of aromatic nitrogens is 3. The van der Waals surface area contributed by atoms with Crippen LogP contribution in [0.3, 0.4) is 0 Å². The third kappa shape index (κ3) is 4.70. The third-order valence-corrected chi connectivity index (χ3v) is 3.38. The van der Waals surface area contributed by atoms with Gasteiger partial charge in [0.2, 0.25) is 11.9 Å². The molecule has 0 saturated carbocycles. The van der Waals surface area contributed by atoms with Crippen molar-refractivity contribution in [2.45, 2.75) is 26.7 Å². The van der Waals surface area contributed by atoms with Crippen LogP contribution in [0.4, 0.5) is 11.9 Å². The van der Waals surface area contributed by atoms with Gasteiger partial charge in [-0.15, -0.1) is 0 Å². The van der Waals surface area contributed by atoms with Gasteiger partial charge in [0.05, 0.1) is 6.61 Å². The van der Waals surface area contributed by atoms with E-state index in [1.807, 2.05) is 6.92 Å². The van der Waals surface area contributed by atoms with E-state index in [2.05, 4.69) is 44.0 Å². The van der Waals surface area contributed by atoms with Crippen LogP contribution in [0.2, 0.25) is 0 Å². The molecule has 118 valence electrons. The van der Waals surface area contributed by atoms with Crippen molar-refractivity contribution < 1.29 is 4.74 Å². The number of ether oxygens (including phenoxy) is 1. The first-order chi connectivity index (χ1) is 10.2. The van der Waals surface area contributed by atoms with Crippen molar-refractivity contribution in [3.8, 4) is 6.01 Å². The Morgan fingerprint density at radius 2 is 1.95 bits per heavy atom. The Balaban J connectivity index is 2.17. The summed E-state index contributed by atoms with van der Waals surface area (Å²) >= 11 is 0. The van der Waals surface area contributed by atoms with E-state index in [9.17, 15) is 0 Å². The van der Waals surface area contributed by atoms with Gasteiger partial charge in [-0.1, -0.05) is 6.92 Å². The summed E-state index contributed by atoms with van der Waals surface area (Å²) in [6, 6.07) is 0.412. The molecule has 1 fully saturated rings. The van der Waals surface area contributed by atoms with E-state index in [1.54, 1.807) is 0 Å². The zero-order chi connectivity index (χ0) is 15.1. The summed E-state index contributed by atoms with van der Waals surface area (Å²) < 4.78 is 5.59. The van der Waals surface area contributed by atoms with Crippen LogP contribution in [-0.4, -0.2) is 66.2 Å². The summed E-state index contributed by atoms with van der Waals surface area (Å²) in [5.41, 5.74) is 0. The molecule has 1 saturated heterocycles. The summed E-state index contributed by atoms with van der Waals surface area (Å²) in [5.74, 6) is 1.30. The molecule has 21 heavy (non-hydrogen) atoms. The molecule has 1 N–H and O–H groups in total. The molecule has 0 spiro atoms. The predicted molar refractivity (Wildman–Crippen MR) is 84.1 cm³/mol. The van der Waals surface area contributed by atoms with Crippen molar-refractivity contribution in [3.63, 3.8) is 0 Å². The molecule has 0 amide bonds. The maximum absolute atomic E-state index is 5.59. The summed E-state index contributed by atoms with van der Waals surface area (Å²) in [6.07, 6.45) is 2.05. The lowest BCUT2D eigenvalue weighted by molar-refractivity contribution is 0.291. The first kappa shape index (κ1) is 15.8. The fraction of sp³-hybridized carbons (Fsp3) is 0.786. The lowest BCUT2D eigenvalue weighted by Gasteiger charge is -2.21. The summed E-state index contributed by atoms with van der Waals surface area (Å²) in [5, 5.41) is 3.15. The molecular formula is C14H26N6O. The van der Waals surface area contributed by atoms with Gasteiger partial charge in [0.1, 0.15) is 0 Å². The highest BCUT2D eigenvalue weighted by molar-refractivity contribution is 5.38. The zero-order valence-corrected chi connectivity index (χ0v) is 13.3. The average Bonchev–Trinajstić information content (AvgIpc) is 2.70. The zero-order valence-electron chi connectivity index (χ0n) is 13.3. The Kier molecular flexibility index (Phi) is 5.98. The minimum absolute atomic E-state index is 0.412. The van der Waals surface area contributed by atoms with Gasteiger partial charge in [-0.3, -0.25) is 0 Å². The smallest absolute Gasteiger partial charge is 0.323 e. The highest BCUT2D eigenvalue weighted by atomic mass is 16.5. The van der Waals surface area contributed by atoms with Crippen LogP contribution < -0.4 is 15.0 Å². The van der Waals surface area contributed by atoms with Gasteiger partial charge in [-0.25, -0.2) is 0 Å². The Morgan fingerprint density at radius 3 is 2.71 bits per heavy atom. The second-order valence-corrected chi connectivity index (χ2v) is 5.26. The average molecular weight is 294 g/mol. The molecule has 2 heterocycles. The van der Waals surface area contributed by atoms with Crippen LogP contribution in [0.1, 0.15) is 26.7 Å². The Labute approximate surface area is 126 Å². The minimum Gasteiger partial charge on any atom is -0.463 e. The molecule has 0 aromatic carbocycles. The Bertz CT molecular complexity index is 441. The summed E-state index contributed by atoms with van der Waals surface area (Å²) in [4.78, 5) is 17.8. The van der Waals surface area contributed by atoms with Crippen molar-refractivity contribution >= 4 is 11.9 Å². The second-order valence-electron chi connectivity index (χ2n) is 5.26. The first-order valence-electron chi connectivity index (χ1n) is 7.79. The topological polar surface area (TPSA) is 66.4 Å². The van der Waals surface area contributed by atoms with Crippen molar-refractivity contribution in [2.24, 2.45) is 0 Å². The van der Waals surface area contributed by atoms with E-state index in [0.29, 0.717) is 24.5 Å². The number of hydrogen-bond acceptors (Lipinski definition) is 7.